The van der Waals surface area contributed by atoms with Crippen LogP contribution in [0.25, 0.3) is 0 Å². The fourth-order valence-electron chi connectivity index (χ4n) is 6.32. The zero-order valence-electron chi connectivity index (χ0n) is 23.3. The lowest BCUT2D eigenvalue weighted by molar-refractivity contribution is -0.340. The Bertz CT molecular complexity index is 872. The van der Waals surface area contributed by atoms with Crippen molar-refractivity contribution in [3.05, 3.63) is 0 Å². The van der Waals surface area contributed by atoms with Crippen LogP contribution in [0.15, 0.2) is 0 Å². The molecule has 41 heavy (non-hydrogen) atoms. The molecule has 14 nitrogen and oxygen atoms in total. The van der Waals surface area contributed by atoms with Crippen molar-refractivity contribution in [2.45, 2.75) is 151 Å². The summed E-state index contributed by atoms with van der Waals surface area (Å²) in [5.74, 6) is -2.16. The number of hydrogen-bond acceptors (Lipinski definition) is 12. The van der Waals surface area contributed by atoms with Crippen LogP contribution in [0.2, 0.25) is 0 Å². The molecule has 0 spiro atoms. The summed E-state index contributed by atoms with van der Waals surface area (Å²) < 4.78 is 28.9. The first-order valence-corrected chi connectivity index (χ1v) is 14.7. The van der Waals surface area contributed by atoms with E-state index in [1.165, 1.54) is 6.92 Å². The number of aliphatic hydroxyl groups excluding tert-OH is 5. The fraction of sp³-hybridized carbons (Fsp3) is 0.926. The molecule has 1 amide bonds. The van der Waals surface area contributed by atoms with E-state index >= 15 is 0 Å². The average Bonchev–Trinajstić information content (AvgIpc) is 2.94. The van der Waals surface area contributed by atoms with Gasteiger partial charge in [0.25, 0.3) is 0 Å². The van der Waals surface area contributed by atoms with Crippen molar-refractivity contribution in [1.29, 1.82) is 0 Å². The maximum Gasteiger partial charge on any atom is 0.332 e. The molecule has 2 aliphatic carbocycles. The molecule has 12 unspecified atom stereocenters. The number of carboxylic acid groups (broad SMARTS) is 1. The van der Waals surface area contributed by atoms with Crippen LogP contribution in [0.5, 0.6) is 0 Å². The molecule has 0 aromatic carbocycles. The standard InChI is InChI=1S/C27H45NO13/c1-12-17(29)18(30)19(31)26(37-12)39-14-9-5-6-10-15(14)40-27-21(33)22(20(32)23(41-27)24(28)34)38-16(25(35)36)11-13-7-3-2-4-8-13/h12-23,26-27,29-33H,2-11H2,1H3,(H2,28,34)(H,35,36)/t12?,14?,15?,16-,17?,18?,19?,20?,21?,22?,23?,26?,27?/m0/s1. The fourth-order valence-corrected chi connectivity index (χ4v) is 6.32. The van der Waals surface area contributed by atoms with Gasteiger partial charge in [-0.25, -0.2) is 4.79 Å². The Morgan fingerprint density at radius 3 is 1.90 bits per heavy atom. The SMILES string of the molecule is CC1OC(OC2CCCCC2OC2OC(C(N)=O)C(O)C(O[C@@H](CC3CCCCC3)C(=O)O)C2O)C(O)C(O)C1O. The Balaban J connectivity index is 1.47. The van der Waals surface area contributed by atoms with Crippen LogP contribution in [0.3, 0.4) is 0 Å². The Morgan fingerprint density at radius 1 is 0.780 bits per heavy atom. The molecule has 2 aliphatic heterocycles. The van der Waals surface area contributed by atoms with Crippen molar-refractivity contribution >= 4 is 11.9 Å². The maximum atomic E-state index is 12.2. The van der Waals surface area contributed by atoms with Gasteiger partial charge in [-0.3, -0.25) is 4.79 Å². The average molecular weight is 592 g/mol. The van der Waals surface area contributed by atoms with Crippen LogP contribution in [0, 0.1) is 5.92 Å². The number of ether oxygens (including phenoxy) is 5. The molecule has 2 heterocycles. The van der Waals surface area contributed by atoms with Crippen LogP contribution >= 0.6 is 0 Å². The van der Waals surface area contributed by atoms with Gasteiger partial charge in [-0.15, -0.1) is 0 Å². The minimum absolute atomic E-state index is 0.123. The molecular formula is C27H45NO13. The summed E-state index contributed by atoms with van der Waals surface area (Å²) in [7, 11) is 0. The zero-order chi connectivity index (χ0) is 29.8. The number of carboxylic acids is 1. The second-order valence-corrected chi connectivity index (χ2v) is 11.8. The van der Waals surface area contributed by atoms with Gasteiger partial charge in [-0.2, -0.15) is 0 Å². The number of carbonyl (C=O) groups is 2. The highest BCUT2D eigenvalue weighted by atomic mass is 16.7. The summed E-state index contributed by atoms with van der Waals surface area (Å²) in [5, 5.41) is 62.4. The Kier molecular flexibility index (Phi) is 11.4. The van der Waals surface area contributed by atoms with E-state index in [1.54, 1.807) is 0 Å². The van der Waals surface area contributed by atoms with Crippen LogP contribution in [0.4, 0.5) is 0 Å². The van der Waals surface area contributed by atoms with E-state index in [-0.39, 0.29) is 12.3 Å². The molecule has 2 saturated carbocycles. The first-order chi connectivity index (χ1) is 19.5. The minimum Gasteiger partial charge on any atom is -0.479 e. The highest BCUT2D eigenvalue weighted by molar-refractivity contribution is 5.79. The Hall–Kier alpha value is -1.46. The predicted molar refractivity (Wildman–Crippen MR) is 138 cm³/mol. The molecule has 14 heteroatoms. The van der Waals surface area contributed by atoms with E-state index in [1.807, 2.05) is 0 Å². The lowest BCUT2D eigenvalue weighted by Crippen LogP contribution is -2.64. The third-order valence-corrected chi connectivity index (χ3v) is 8.76. The molecule has 2 saturated heterocycles. The summed E-state index contributed by atoms with van der Waals surface area (Å²) in [5.41, 5.74) is 5.46. The van der Waals surface area contributed by atoms with Gasteiger partial charge in [0.05, 0.1) is 18.3 Å². The molecule has 0 aromatic rings. The van der Waals surface area contributed by atoms with Gasteiger partial charge in [-0.1, -0.05) is 44.9 Å². The second kappa shape index (κ2) is 14.3. The summed E-state index contributed by atoms with van der Waals surface area (Å²) >= 11 is 0. The maximum absolute atomic E-state index is 12.2. The first kappa shape index (κ1) is 32.5. The number of carbonyl (C=O) groups excluding carboxylic acids is 1. The quantitative estimate of drug-likeness (QED) is 0.160. The van der Waals surface area contributed by atoms with Gasteiger partial charge >= 0.3 is 5.97 Å². The van der Waals surface area contributed by atoms with E-state index in [4.69, 9.17) is 29.4 Å². The summed E-state index contributed by atoms with van der Waals surface area (Å²) in [4.78, 5) is 24.2. The van der Waals surface area contributed by atoms with Crippen molar-refractivity contribution in [2.75, 3.05) is 0 Å². The molecule has 4 fully saturated rings. The molecule has 0 bridgehead atoms. The van der Waals surface area contributed by atoms with Gasteiger partial charge in [0, 0.05) is 0 Å². The highest BCUT2D eigenvalue weighted by Gasteiger charge is 2.51. The van der Waals surface area contributed by atoms with E-state index < -0.39 is 91.6 Å². The van der Waals surface area contributed by atoms with Gasteiger partial charge in [0.2, 0.25) is 5.91 Å². The third kappa shape index (κ3) is 7.74. The lowest BCUT2D eigenvalue weighted by atomic mass is 9.85. The molecule has 236 valence electrons. The van der Waals surface area contributed by atoms with E-state index in [2.05, 4.69) is 0 Å². The molecular weight excluding hydrogens is 546 g/mol. The number of primary amides is 1. The number of aliphatic hydroxyl groups is 5. The molecule has 8 N–H and O–H groups in total. The van der Waals surface area contributed by atoms with Crippen LogP contribution in [0.1, 0.15) is 71.1 Å². The minimum atomic E-state index is -1.74. The van der Waals surface area contributed by atoms with Gasteiger partial charge in [0.15, 0.2) is 24.8 Å². The summed E-state index contributed by atoms with van der Waals surface area (Å²) in [6, 6.07) is 0. The number of amides is 1. The molecule has 0 radical (unpaired) electrons. The first-order valence-electron chi connectivity index (χ1n) is 14.7. The van der Waals surface area contributed by atoms with Crippen molar-refractivity contribution in [3.8, 4) is 0 Å². The largest absolute Gasteiger partial charge is 0.479 e. The van der Waals surface area contributed by atoms with E-state index in [0.29, 0.717) is 12.8 Å². The van der Waals surface area contributed by atoms with E-state index in [9.17, 15) is 40.2 Å². The Labute approximate surface area is 238 Å². The van der Waals surface area contributed by atoms with Crippen molar-refractivity contribution < 1.29 is 63.9 Å². The molecule has 4 rings (SSSR count). The zero-order valence-corrected chi connectivity index (χ0v) is 23.3. The van der Waals surface area contributed by atoms with Crippen molar-refractivity contribution in [3.63, 3.8) is 0 Å². The predicted octanol–water partition coefficient (Wildman–Crippen LogP) is -1.10. The smallest absolute Gasteiger partial charge is 0.332 e. The number of hydrogen-bond donors (Lipinski definition) is 7. The number of aliphatic carboxylic acids is 1. The summed E-state index contributed by atoms with van der Waals surface area (Å²) in [6.07, 6.45) is -9.89. The van der Waals surface area contributed by atoms with Crippen LogP contribution < -0.4 is 5.73 Å². The molecule has 13 atom stereocenters. The van der Waals surface area contributed by atoms with Crippen molar-refractivity contribution in [1.82, 2.24) is 0 Å². The van der Waals surface area contributed by atoms with E-state index in [0.717, 1.165) is 44.9 Å². The van der Waals surface area contributed by atoms with Gasteiger partial charge < -0.3 is 60.1 Å². The number of nitrogens with two attached hydrogens (primary N) is 1. The number of rotatable bonds is 10. The van der Waals surface area contributed by atoms with Crippen molar-refractivity contribution in [2.24, 2.45) is 11.7 Å². The normalized spacial score (nSPS) is 43.4. The highest BCUT2D eigenvalue weighted by Crippen LogP contribution is 2.34. The summed E-state index contributed by atoms with van der Waals surface area (Å²) in [6.45, 7) is 1.53. The Morgan fingerprint density at radius 2 is 1.34 bits per heavy atom. The van der Waals surface area contributed by atoms with Crippen LogP contribution in [-0.2, 0) is 33.3 Å². The topological polar surface area (TPSA) is 228 Å². The lowest BCUT2D eigenvalue weighted by Gasteiger charge is -2.45. The van der Waals surface area contributed by atoms with Gasteiger partial charge in [-0.05, 0) is 32.1 Å². The van der Waals surface area contributed by atoms with Gasteiger partial charge in [0.1, 0.15) is 36.6 Å². The monoisotopic (exact) mass is 591 g/mol. The third-order valence-electron chi connectivity index (χ3n) is 8.76. The van der Waals surface area contributed by atoms with Crippen LogP contribution in [-0.4, -0.2) is 122 Å². The molecule has 0 aromatic heterocycles. The molecule has 4 aliphatic rings. The second-order valence-electron chi connectivity index (χ2n) is 11.8.